The van der Waals surface area contributed by atoms with Crippen molar-refractivity contribution >= 4 is 5.78 Å². The molecule has 2 rings (SSSR count). The van der Waals surface area contributed by atoms with Crippen LogP contribution in [-0.2, 0) is 11.2 Å². The molecule has 1 aromatic carbocycles. The van der Waals surface area contributed by atoms with E-state index in [1.807, 2.05) is 0 Å². The zero-order chi connectivity index (χ0) is 12.3. The number of nitrogens with two attached hydrogens (primary N) is 1. The van der Waals surface area contributed by atoms with Crippen molar-refractivity contribution in [2.24, 2.45) is 11.7 Å². The van der Waals surface area contributed by atoms with Crippen LogP contribution in [0.25, 0.3) is 0 Å². The van der Waals surface area contributed by atoms with Gasteiger partial charge in [0.1, 0.15) is 11.6 Å². The van der Waals surface area contributed by atoms with E-state index >= 15 is 0 Å². The van der Waals surface area contributed by atoms with Crippen LogP contribution in [0.2, 0.25) is 0 Å². The first kappa shape index (κ1) is 12.2. The molecule has 0 heterocycles. The lowest BCUT2D eigenvalue weighted by atomic mass is 9.82. The molecular formula is C14H18FNO. The summed E-state index contributed by atoms with van der Waals surface area (Å²) < 4.78 is 13.4. The normalized spacial score (nSPS) is 24.6. The van der Waals surface area contributed by atoms with E-state index in [9.17, 15) is 9.18 Å². The van der Waals surface area contributed by atoms with Crippen LogP contribution in [-0.4, -0.2) is 11.8 Å². The third kappa shape index (κ3) is 3.13. The maximum Gasteiger partial charge on any atom is 0.140 e. The van der Waals surface area contributed by atoms with Crippen molar-refractivity contribution in [1.29, 1.82) is 0 Å². The number of hydrogen-bond donors (Lipinski definition) is 1. The van der Waals surface area contributed by atoms with Crippen LogP contribution in [0, 0.1) is 11.7 Å². The molecule has 1 aromatic rings. The van der Waals surface area contributed by atoms with E-state index in [1.54, 1.807) is 18.2 Å². The number of ketones is 1. The van der Waals surface area contributed by atoms with E-state index in [0.29, 0.717) is 5.56 Å². The van der Waals surface area contributed by atoms with Gasteiger partial charge in [0.2, 0.25) is 0 Å². The fraction of sp³-hybridized carbons (Fsp3) is 0.500. The Balaban J connectivity index is 1.95. The third-order valence-electron chi connectivity index (χ3n) is 3.55. The lowest BCUT2D eigenvalue weighted by molar-refractivity contribution is -0.123. The molecule has 1 aliphatic rings. The molecule has 2 N–H and O–H groups in total. The molecule has 0 saturated heterocycles. The molecule has 1 aliphatic carbocycles. The summed E-state index contributed by atoms with van der Waals surface area (Å²) in [4.78, 5) is 12.0. The van der Waals surface area contributed by atoms with Gasteiger partial charge in [-0.15, -0.1) is 0 Å². The highest BCUT2D eigenvalue weighted by molar-refractivity contribution is 5.83. The predicted molar refractivity (Wildman–Crippen MR) is 65.0 cm³/mol. The van der Waals surface area contributed by atoms with Gasteiger partial charge in [0.25, 0.3) is 0 Å². The second-order valence-corrected chi connectivity index (χ2v) is 4.85. The van der Waals surface area contributed by atoms with Crippen LogP contribution in [0.15, 0.2) is 24.3 Å². The fourth-order valence-corrected chi connectivity index (χ4v) is 2.41. The zero-order valence-corrected chi connectivity index (χ0v) is 9.86. The largest absolute Gasteiger partial charge is 0.328 e. The van der Waals surface area contributed by atoms with E-state index in [0.717, 1.165) is 25.7 Å². The van der Waals surface area contributed by atoms with Gasteiger partial charge in [0.15, 0.2) is 0 Å². The van der Waals surface area contributed by atoms with Crippen molar-refractivity contribution < 1.29 is 9.18 Å². The summed E-state index contributed by atoms with van der Waals surface area (Å²) in [7, 11) is 0. The second kappa shape index (κ2) is 5.41. The molecule has 0 aromatic heterocycles. The quantitative estimate of drug-likeness (QED) is 0.874. The number of hydrogen-bond acceptors (Lipinski definition) is 2. The van der Waals surface area contributed by atoms with E-state index in [4.69, 9.17) is 5.73 Å². The lowest BCUT2D eigenvalue weighted by Gasteiger charge is -2.25. The van der Waals surface area contributed by atoms with E-state index < -0.39 is 0 Å². The van der Waals surface area contributed by atoms with Crippen LogP contribution in [0.5, 0.6) is 0 Å². The first-order chi connectivity index (χ1) is 8.16. The number of benzene rings is 1. The molecule has 0 atom stereocenters. The van der Waals surface area contributed by atoms with E-state index in [1.165, 1.54) is 6.07 Å². The Morgan fingerprint density at radius 2 is 1.88 bits per heavy atom. The Labute approximate surface area is 101 Å². The molecule has 2 nitrogen and oxygen atoms in total. The Bertz CT molecular complexity index is 397. The Morgan fingerprint density at radius 3 is 2.53 bits per heavy atom. The Kier molecular flexibility index (Phi) is 3.89. The van der Waals surface area contributed by atoms with Gasteiger partial charge >= 0.3 is 0 Å². The molecule has 0 radical (unpaired) electrons. The fourth-order valence-electron chi connectivity index (χ4n) is 2.41. The molecule has 92 valence electrons. The summed E-state index contributed by atoms with van der Waals surface area (Å²) in [5.74, 6) is -0.0511. The zero-order valence-electron chi connectivity index (χ0n) is 9.86. The van der Waals surface area contributed by atoms with Gasteiger partial charge in [-0.25, -0.2) is 4.39 Å². The van der Waals surface area contributed by atoms with Crippen LogP contribution in [0.1, 0.15) is 31.2 Å². The lowest BCUT2D eigenvalue weighted by Crippen LogP contribution is -2.30. The van der Waals surface area contributed by atoms with Crippen molar-refractivity contribution in [3.63, 3.8) is 0 Å². The van der Waals surface area contributed by atoms with Gasteiger partial charge in [-0.05, 0) is 37.3 Å². The highest BCUT2D eigenvalue weighted by atomic mass is 19.1. The molecule has 0 bridgehead atoms. The Hall–Kier alpha value is -1.22. The number of carbonyl (C=O) groups is 1. The van der Waals surface area contributed by atoms with Crippen LogP contribution in [0.4, 0.5) is 4.39 Å². The minimum atomic E-state index is -0.284. The van der Waals surface area contributed by atoms with Crippen molar-refractivity contribution in [3.8, 4) is 0 Å². The van der Waals surface area contributed by atoms with Gasteiger partial charge < -0.3 is 5.73 Å². The van der Waals surface area contributed by atoms with Crippen molar-refractivity contribution in [2.75, 3.05) is 0 Å². The number of halogens is 1. The summed E-state index contributed by atoms with van der Waals surface area (Å²) in [5.41, 5.74) is 6.31. The number of rotatable bonds is 3. The summed E-state index contributed by atoms with van der Waals surface area (Å²) in [6.07, 6.45) is 3.75. The molecule has 0 spiro atoms. The summed E-state index contributed by atoms with van der Waals surface area (Å²) in [6.45, 7) is 0. The maximum absolute atomic E-state index is 13.4. The molecule has 17 heavy (non-hydrogen) atoms. The average molecular weight is 235 g/mol. The van der Waals surface area contributed by atoms with E-state index in [-0.39, 0.29) is 30.0 Å². The minimum absolute atomic E-state index is 0.0782. The molecule has 3 heteroatoms. The number of carbonyl (C=O) groups excluding carboxylic acids is 1. The molecular weight excluding hydrogens is 217 g/mol. The van der Waals surface area contributed by atoms with Crippen molar-refractivity contribution in [1.82, 2.24) is 0 Å². The van der Waals surface area contributed by atoms with Crippen LogP contribution >= 0.6 is 0 Å². The highest BCUT2D eigenvalue weighted by Gasteiger charge is 2.24. The molecule has 0 amide bonds. The smallest absolute Gasteiger partial charge is 0.140 e. The van der Waals surface area contributed by atoms with Gasteiger partial charge in [-0.1, -0.05) is 18.2 Å². The predicted octanol–water partition coefficient (Wildman–Crippen LogP) is 2.45. The first-order valence-corrected chi connectivity index (χ1v) is 6.18. The molecule has 0 aliphatic heterocycles. The molecule has 0 unspecified atom stereocenters. The van der Waals surface area contributed by atoms with Gasteiger partial charge in [-0.2, -0.15) is 0 Å². The SMILES string of the molecule is NC1CCC(C(=O)Cc2ccccc2F)CC1. The monoisotopic (exact) mass is 235 g/mol. The average Bonchev–Trinajstić information content (AvgIpc) is 2.33. The molecule has 1 fully saturated rings. The highest BCUT2D eigenvalue weighted by Crippen LogP contribution is 2.25. The minimum Gasteiger partial charge on any atom is -0.328 e. The Morgan fingerprint density at radius 1 is 1.24 bits per heavy atom. The number of Topliss-reactive ketones (excluding diaryl/α,β-unsaturated/α-hetero) is 1. The third-order valence-corrected chi connectivity index (χ3v) is 3.55. The van der Waals surface area contributed by atoms with Gasteiger partial charge in [0, 0.05) is 18.4 Å². The van der Waals surface area contributed by atoms with Crippen molar-refractivity contribution in [3.05, 3.63) is 35.6 Å². The van der Waals surface area contributed by atoms with Crippen LogP contribution in [0.3, 0.4) is 0 Å². The first-order valence-electron chi connectivity index (χ1n) is 6.18. The summed E-state index contributed by atoms with van der Waals surface area (Å²) in [6, 6.07) is 6.74. The summed E-state index contributed by atoms with van der Waals surface area (Å²) >= 11 is 0. The van der Waals surface area contributed by atoms with Crippen LogP contribution < -0.4 is 5.73 Å². The van der Waals surface area contributed by atoms with E-state index in [2.05, 4.69) is 0 Å². The summed E-state index contributed by atoms with van der Waals surface area (Å²) in [5, 5.41) is 0. The van der Waals surface area contributed by atoms with Gasteiger partial charge in [-0.3, -0.25) is 4.79 Å². The standard InChI is InChI=1S/C14H18FNO/c15-13-4-2-1-3-11(13)9-14(17)10-5-7-12(16)8-6-10/h1-4,10,12H,5-9,16H2. The topological polar surface area (TPSA) is 43.1 Å². The maximum atomic E-state index is 13.4. The molecule has 1 saturated carbocycles. The van der Waals surface area contributed by atoms with Gasteiger partial charge in [0.05, 0.1) is 0 Å². The van der Waals surface area contributed by atoms with Crippen molar-refractivity contribution in [2.45, 2.75) is 38.1 Å². The second-order valence-electron chi connectivity index (χ2n) is 4.85.